The predicted molar refractivity (Wildman–Crippen MR) is 103 cm³/mol. The number of thioether (sulfide) groups is 1. The van der Waals surface area contributed by atoms with Crippen molar-refractivity contribution in [1.29, 1.82) is 0 Å². The van der Waals surface area contributed by atoms with Crippen LogP contribution in [0.25, 0.3) is 0 Å². The molecule has 6 nitrogen and oxygen atoms in total. The summed E-state index contributed by atoms with van der Waals surface area (Å²) < 4.78 is 0.894. The van der Waals surface area contributed by atoms with Crippen molar-refractivity contribution in [1.82, 2.24) is 10.3 Å². The van der Waals surface area contributed by atoms with Crippen LogP contribution in [-0.2, 0) is 22.6 Å². The van der Waals surface area contributed by atoms with E-state index in [0.717, 1.165) is 9.90 Å². The standard InChI is InChI=1S/C16H18N4O2S2.ClH/c1-9-15(23-8-13(17)21)24-16(19-9)20-14(22)12-6-10-4-2-3-5-11(10)7-18-12;/h2-5,12,18H,6-8H2,1H3,(H2,17,21)(H,19,20,22);1H. The zero-order valence-corrected chi connectivity index (χ0v) is 16.0. The molecule has 25 heavy (non-hydrogen) atoms. The third kappa shape index (κ3) is 4.94. The number of nitrogens with two attached hydrogens (primary N) is 1. The maximum atomic E-state index is 12.5. The molecule has 0 saturated heterocycles. The second kappa shape index (κ2) is 8.66. The Labute approximate surface area is 160 Å². The largest absolute Gasteiger partial charge is 0.369 e. The molecule has 2 heterocycles. The van der Waals surface area contributed by atoms with Crippen molar-refractivity contribution in [2.75, 3.05) is 11.1 Å². The number of fused-ring (bicyclic) bond motifs is 1. The van der Waals surface area contributed by atoms with Crippen LogP contribution in [0.1, 0.15) is 16.8 Å². The van der Waals surface area contributed by atoms with E-state index in [-0.39, 0.29) is 36.0 Å². The molecule has 2 amide bonds. The maximum Gasteiger partial charge on any atom is 0.243 e. The highest BCUT2D eigenvalue weighted by Gasteiger charge is 2.24. The molecule has 1 atom stereocenters. The van der Waals surface area contributed by atoms with Crippen molar-refractivity contribution in [3.8, 4) is 0 Å². The number of halogens is 1. The highest BCUT2D eigenvalue weighted by Crippen LogP contribution is 2.32. The number of nitrogens with zero attached hydrogens (tertiary/aromatic N) is 1. The Balaban J connectivity index is 0.00000225. The Morgan fingerprint density at radius 2 is 2.12 bits per heavy atom. The lowest BCUT2D eigenvalue weighted by molar-refractivity contribution is -0.118. The molecule has 0 bridgehead atoms. The normalized spacial score (nSPS) is 15.8. The van der Waals surface area contributed by atoms with Gasteiger partial charge < -0.3 is 16.4 Å². The van der Waals surface area contributed by atoms with E-state index in [1.165, 1.54) is 34.2 Å². The van der Waals surface area contributed by atoms with Crippen molar-refractivity contribution in [3.05, 3.63) is 41.1 Å². The summed E-state index contributed by atoms with van der Waals surface area (Å²) >= 11 is 2.71. The van der Waals surface area contributed by atoms with Crippen LogP contribution < -0.4 is 16.4 Å². The van der Waals surface area contributed by atoms with Crippen molar-refractivity contribution in [2.45, 2.75) is 30.1 Å². The van der Waals surface area contributed by atoms with E-state index >= 15 is 0 Å². The van der Waals surface area contributed by atoms with Gasteiger partial charge in [-0.05, 0) is 24.5 Å². The third-order valence-corrected chi connectivity index (χ3v) is 6.19. The Kier molecular flexibility index (Phi) is 6.83. The molecular formula is C16H19ClN4O2S2. The molecule has 1 aromatic heterocycles. The summed E-state index contributed by atoms with van der Waals surface area (Å²) in [5.41, 5.74) is 8.39. The molecule has 1 unspecified atom stereocenters. The number of nitrogens with one attached hydrogen (secondary N) is 2. The number of anilines is 1. The van der Waals surface area contributed by atoms with Gasteiger partial charge in [0.2, 0.25) is 11.8 Å². The average Bonchev–Trinajstić information content (AvgIpc) is 2.91. The highest BCUT2D eigenvalue weighted by molar-refractivity contribution is 8.01. The number of aryl methyl sites for hydroxylation is 1. The monoisotopic (exact) mass is 398 g/mol. The molecule has 1 aliphatic heterocycles. The average molecular weight is 399 g/mol. The second-order valence-corrected chi connectivity index (χ2v) is 7.79. The number of carbonyl (C=O) groups is 2. The zero-order chi connectivity index (χ0) is 17.1. The Morgan fingerprint density at radius 3 is 2.84 bits per heavy atom. The van der Waals surface area contributed by atoms with Gasteiger partial charge in [0.05, 0.1) is 21.7 Å². The van der Waals surface area contributed by atoms with Gasteiger partial charge in [-0.3, -0.25) is 9.59 Å². The molecule has 4 N–H and O–H groups in total. The third-order valence-electron chi connectivity index (χ3n) is 3.73. The second-order valence-electron chi connectivity index (χ2n) is 5.54. The van der Waals surface area contributed by atoms with Gasteiger partial charge in [0.1, 0.15) is 0 Å². The molecule has 0 aliphatic carbocycles. The van der Waals surface area contributed by atoms with Crippen LogP contribution >= 0.6 is 35.5 Å². The van der Waals surface area contributed by atoms with Gasteiger partial charge in [-0.25, -0.2) is 4.98 Å². The lowest BCUT2D eigenvalue weighted by Crippen LogP contribution is -2.44. The first kappa shape index (κ1) is 19.7. The van der Waals surface area contributed by atoms with Crippen LogP contribution in [0.3, 0.4) is 0 Å². The number of hydrogen-bond donors (Lipinski definition) is 3. The van der Waals surface area contributed by atoms with Gasteiger partial charge in [0.25, 0.3) is 0 Å². The SMILES string of the molecule is Cc1nc(NC(=O)C2Cc3ccccc3CN2)sc1SCC(N)=O.Cl. The Morgan fingerprint density at radius 1 is 1.40 bits per heavy atom. The summed E-state index contributed by atoms with van der Waals surface area (Å²) in [6, 6.07) is 7.85. The molecular weight excluding hydrogens is 380 g/mol. The summed E-state index contributed by atoms with van der Waals surface area (Å²) in [6.07, 6.45) is 0.662. The number of benzene rings is 1. The van der Waals surface area contributed by atoms with E-state index in [9.17, 15) is 9.59 Å². The van der Waals surface area contributed by atoms with Gasteiger partial charge in [-0.15, -0.1) is 24.2 Å². The molecule has 2 aromatic rings. The van der Waals surface area contributed by atoms with Gasteiger partial charge in [-0.1, -0.05) is 35.6 Å². The van der Waals surface area contributed by atoms with Gasteiger partial charge in [-0.2, -0.15) is 0 Å². The summed E-state index contributed by atoms with van der Waals surface area (Å²) in [4.78, 5) is 27.7. The number of carbonyl (C=O) groups excluding carboxylic acids is 2. The number of primary amides is 1. The molecule has 0 radical (unpaired) electrons. The van der Waals surface area contributed by atoms with Crippen LogP contribution in [0.2, 0.25) is 0 Å². The lowest BCUT2D eigenvalue weighted by atomic mass is 9.95. The van der Waals surface area contributed by atoms with Crippen LogP contribution in [0.4, 0.5) is 5.13 Å². The van der Waals surface area contributed by atoms with Crippen molar-refractivity contribution in [3.63, 3.8) is 0 Å². The number of thiazole rings is 1. The zero-order valence-electron chi connectivity index (χ0n) is 13.6. The summed E-state index contributed by atoms with van der Waals surface area (Å²) in [5, 5.41) is 6.67. The fourth-order valence-electron chi connectivity index (χ4n) is 2.54. The van der Waals surface area contributed by atoms with Gasteiger partial charge in [0, 0.05) is 6.54 Å². The number of rotatable bonds is 5. The number of amides is 2. The van der Waals surface area contributed by atoms with Gasteiger partial charge >= 0.3 is 0 Å². The molecule has 1 aromatic carbocycles. The predicted octanol–water partition coefficient (Wildman–Crippen LogP) is 2.10. The van der Waals surface area contributed by atoms with Crippen molar-refractivity contribution >= 4 is 52.5 Å². The van der Waals surface area contributed by atoms with Crippen LogP contribution in [0.5, 0.6) is 0 Å². The van der Waals surface area contributed by atoms with E-state index in [0.29, 0.717) is 18.1 Å². The maximum absolute atomic E-state index is 12.5. The first-order chi connectivity index (χ1) is 11.5. The topological polar surface area (TPSA) is 97.1 Å². The molecule has 3 rings (SSSR count). The number of aromatic nitrogens is 1. The fraction of sp³-hybridized carbons (Fsp3) is 0.312. The van der Waals surface area contributed by atoms with Crippen LogP contribution in [-0.4, -0.2) is 28.6 Å². The summed E-state index contributed by atoms with van der Waals surface area (Å²) in [5.74, 6) is -0.259. The number of hydrogen-bond acceptors (Lipinski definition) is 6. The molecule has 1 aliphatic rings. The minimum atomic E-state index is -0.372. The van der Waals surface area contributed by atoms with Crippen LogP contribution in [0.15, 0.2) is 28.5 Å². The highest BCUT2D eigenvalue weighted by atomic mass is 35.5. The molecule has 0 saturated carbocycles. The molecule has 9 heteroatoms. The first-order valence-electron chi connectivity index (χ1n) is 7.52. The minimum absolute atomic E-state index is 0. The van der Waals surface area contributed by atoms with E-state index in [4.69, 9.17) is 5.73 Å². The molecule has 134 valence electrons. The summed E-state index contributed by atoms with van der Waals surface area (Å²) in [6.45, 7) is 2.54. The molecule has 0 spiro atoms. The lowest BCUT2D eigenvalue weighted by Gasteiger charge is -2.24. The van der Waals surface area contributed by atoms with E-state index in [2.05, 4.69) is 27.8 Å². The Bertz CT molecular complexity index is 781. The van der Waals surface area contributed by atoms with Gasteiger partial charge in [0.15, 0.2) is 5.13 Å². The first-order valence-corrected chi connectivity index (χ1v) is 9.32. The fourth-order valence-corrected chi connectivity index (χ4v) is 4.42. The summed E-state index contributed by atoms with van der Waals surface area (Å²) in [7, 11) is 0. The van der Waals surface area contributed by atoms with E-state index in [1.54, 1.807) is 0 Å². The van der Waals surface area contributed by atoms with E-state index in [1.807, 2.05) is 19.1 Å². The van der Waals surface area contributed by atoms with Crippen molar-refractivity contribution < 1.29 is 9.59 Å². The van der Waals surface area contributed by atoms with Crippen molar-refractivity contribution in [2.24, 2.45) is 5.73 Å². The quantitative estimate of drug-likeness (QED) is 0.670. The molecule has 0 fully saturated rings. The Hall–Kier alpha value is -1.61. The smallest absolute Gasteiger partial charge is 0.243 e. The van der Waals surface area contributed by atoms with Crippen LogP contribution in [0, 0.1) is 6.92 Å². The van der Waals surface area contributed by atoms with E-state index < -0.39 is 0 Å². The minimum Gasteiger partial charge on any atom is -0.369 e.